The zero-order valence-electron chi connectivity index (χ0n) is 18.5. The van der Waals surface area contributed by atoms with Crippen molar-refractivity contribution in [1.82, 2.24) is 4.90 Å². The van der Waals surface area contributed by atoms with E-state index in [1.54, 1.807) is 6.07 Å². The van der Waals surface area contributed by atoms with Crippen LogP contribution in [0.15, 0.2) is 51.7 Å². The van der Waals surface area contributed by atoms with E-state index in [9.17, 15) is 9.59 Å². The summed E-state index contributed by atoms with van der Waals surface area (Å²) in [4.78, 5) is 27.4. The molecule has 0 N–H and O–H groups in total. The maximum atomic E-state index is 12.6. The normalized spacial score (nSPS) is 15.2. The van der Waals surface area contributed by atoms with Crippen LogP contribution < -0.4 is 10.4 Å². The number of piperidine rings is 1. The lowest BCUT2D eigenvalue weighted by Gasteiger charge is -2.29. The molecule has 0 atom stereocenters. The largest absolute Gasteiger partial charge is 0.490 e. The van der Waals surface area contributed by atoms with Crippen molar-refractivity contribution < 1.29 is 13.9 Å². The smallest absolute Gasteiger partial charge is 0.339 e. The number of halogens is 1. The zero-order valence-corrected chi connectivity index (χ0v) is 19.3. The first-order chi connectivity index (χ1) is 15.4. The summed E-state index contributed by atoms with van der Waals surface area (Å²) in [6.07, 6.45) is 3.18. The summed E-state index contributed by atoms with van der Waals surface area (Å²) in [5.74, 6) is 0.757. The number of ketones is 1. The van der Waals surface area contributed by atoms with Gasteiger partial charge in [-0.25, -0.2) is 4.79 Å². The molecule has 0 bridgehead atoms. The van der Waals surface area contributed by atoms with Crippen molar-refractivity contribution in [2.75, 3.05) is 20.1 Å². The van der Waals surface area contributed by atoms with Crippen LogP contribution in [0.4, 0.5) is 0 Å². The lowest BCUT2D eigenvalue weighted by atomic mass is 10.0. The number of fused-ring (bicyclic) bond motifs is 1. The molecule has 0 unspecified atom stereocenters. The summed E-state index contributed by atoms with van der Waals surface area (Å²) >= 11 is 5.90. The Balaban J connectivity index is 1.45. The summed E-state index contributed by atoms with van der Waals surface area (Å²) in [7, 11) is 2.12. The van der Waals surface area contributed by atoms with E-state index in [0.717, 1.165) is 48.2 Å². The van der Waals surface area contributed by atoms with Gasteiger partial charge in [0.05, 0.1) is 0 Å². The van der Waals surface area contributed by atoms with E-state index < -0.39 is 5.63 Å². The summed E-state index contributed by atoms with van der Waals surface area (Å²) in [5, 5.41) is 1.47. The Hall–Kier alpha value is -2.63. The van der Waals surface area contributed by atoms with E-state index in [2.05, 4.69) is 11.9 Å². The van der Waals surface area contributed by atoms with Crippen LogP contribution in [0.2, 0.25) is 5.02 Å². The molecule has 0 saturated carbocycles. The van der Waals surface area contributed by atoms with Crippen molar-refractivity contribution in [2.45, 2.75) is 45.1 Å². The number of nitrogens with zero attached hydrogens (tertiary/aromatic N) is 1. The van der Waals surface area contributed by atoms with Crippen molar-refractivity contribution in [3.63, 3.8) is 0 Å². The van der Waals surface area contributed by atoms with Gasteiger partial charge in [0.15, 0.2) is 0 Å². The Bertz CT molecular complexity index is 1160. The van der Waals surface area contributed by atoms with Crippen LogP contribution in [0.3, 0.4) is 0 Å². The van der Waals surface area contributed by atoms with Crippen molar-refractivity contribution in [3.8, 4) is 5.75 Å². The average molecular weight is 454 g/mol. The number of carbonyl (C=O) groups is 1. The van der Waals surface area contributed by atoms with Gasteiger partial charge in [0.25, 0.3) is 0 Å². The van der Waals surface area contributed by atoms with Crippen LogP contribution in [-0.4, -0.2) is 36.9 Å². The SMILES string of the molecule is Cc1c(OC2CCN(C)CC2)ccc2cc(CC(=O)CCc3ccc(Cl)cc3)c(=O)oc12. The fourth-order valence-electron chi connectivity index (χ4n) is 4.12. The minimum absolute atomic E-state index is 0.00513. The fourth-order valence-corrected chi connectivity index (χ4v) is 4.24. The molecule has 2 aromatic carbocycles. The molecule has 1 aromatic heterocycles. The standard InChI is InChI=1S/C26H28ClNO4/c1-17-24(31-23-11-13-28(2)14-12-23)10-6-19-15-20(26(30)32-25(17)19)16-22(29)9-5-18-3-7-21(27)8-4-18/h3-4,6-8,10,15,23H,5,9,11-14,16H2,1-2H3. The molecular weight excluding hydrogens is 426 g/mol. The van der Waals surface area contributed by atoms with Crippen LogP contribution in [0.5, 0.6) is 5.75 Å². The summed E-state index contributed by atoms with van der Waals surface area (Å²) in [6.45, 7) is 3.94. The Labute approximate surface area is 192 Å². The molecule has 2 heterocycles. The van der Waals surface area contributed by atoms with E-state index >= 15 is 0 Å². The highest BCUT2D eigenvalue weighted by Gasteiger charge is 2.20. The second-order valence-corrected chi connectivity index (χ2v) is 9.06. The van der Waals surface area contributed by atoms with Crippen molar-refractivity contribution in [1.29, 1.82) is 0 Å². The van der Waals surface area contributed by atoms with Crippen molar-refractivity contribution in [3.05, 3.63) is 74.6 Å². The third-order valence-electron chi connectivity index (χ3n) is 6.13. The van der Waals surface area contributed by atoms with Crippen LogP contribution in [0.1, 0.15) is 36.0 Å². The number of ether oxygens (including phenoxy) is 1. The van der Waals surface area contributed by atoms with E-state index in [1.807, 2.05) is 43.3 Å². The van der Waals surface area contributed by atoms with Gasteiger partial charge in [-0.05, 0) is 69.1 Å². The van der Waals surface area contributed by atoms with Gasteiger partial charge >= 0.3 is 5.63 Å². The molecule has 1 saturated heterocycles. The van der Waals surface area contributed by atoms with Gasteiger partial charge in [0, 0.05) is 47.5 Å². The molecule has 6 heteroatoms. The molecule has 0 spiro atoms. The highest BCUT2D eigenvalue weighted by molar-refractivity contribution is 6.30. The number of Topliss-reactive ketones (excluding diaryl/α,β-unsaturated/α-hetero) is 1. The maximum absolute atomic E-state index is 12.6. The van der Waals surface area contributed by atoms with Crippen molar-refractivity contribution >= 4 is 28.4 Å². The molecular formula is C26H28ClNO4. The monoisotopic (exact) mass is 453 g/mol. The number of benzene rings is 2. The summed E-state index contributed by atoms with van der Waals surface area (Å²) in [6, 6.07) is 13.0. The Morgan fingerprint density at radius 2 is 1.88 bits per heavy atom. The molecule has 0 amide bonds. The first-order valence-electron chi connectivity index (χ1n) is 11.1. The molecule has 0 aliphatic carbocycles. The highest BCUT2D eigenvalue weighted by Crippen LogP contribution is 2.29. The van der Waals surface area contributed by atoms with E-state index in [1.165, 1.54) is 0 Å². The lowest BCUT2D eigenvalue weighted by molar-refractivity contribution is -0.118. The predicted molar refractivity (Wildman–Crippen MR) is 127 cm³/mol. The van der Waals surface area contributed by atoms with Crippen LogP contribution in [0.25, 0.3) is 11.0 Å². The number of hydrogen-bond donors (Lipinski definition) is 0. The molecule has 1 aliphatic rings. The van der Waals surface area contributed by atoms with Gasteiger partial charge in [-0.1, -0.05) is 23.7 Å². The number of rotatable bonds is 7. The van der Waals surface area contributed by atoms with Gasteiger partial charge in [-0.2, -0.15) is 0 Å². The molecule has 5 nitrogen and oxygen atoms in total. The number of hydrogen-bond acceptors (Lipinski definition) is 5. The van der Waals surface area contributed by atoms with E-state index in [4.69, 9.17) is 20.8 Å². The third-order valence-corrected chi connectivity index (χ3v) is 6.38. The average Bonchev–Trinajstić information content (AvgIpc) is 2.78. The minimum atomic E-state index is -0.461. The molecule has 1 fully saturated rings. The fraction of sp³-hybridized carbons (Fsp3) is 0.385. The van der Waals surface area contributed by atoms with Gasteiger partial charge in [0.2, 0.25) is 0 Å². The van der Waals surface area contributed by atoms with Gasteiger partial charge in [-0.3, -0.25) is 4.79 Å². The Kier molecular flexibility index (Phi) is 6.97. The molecule has 168 valence electrons. The van der Waals surface area contributed by atoms with Crippen LogP contribution >= 0.6 is 11.6 Å². The minimum Gasteiger partial charge on any atom is -0.490 e. The van der Waals surface area contributed by atoms with Crippen LogP contribution in [0, 0.1) is 6.92 Å². The van der Waals surface area contributed by atoms with Crippen molar-refractivity contribution in [2.24, 2.45) is 0 Å². The molecule has 4 rings (SSSR count). The maximum Gasteiger partial charge on any atom is 0.339 e. The molecule has 0 radical (unpaired) electrons. The third kappa shape index (κ3) is 5.40. The van der Waals surface area contributed by atoms with Gasteiger partial charge in [-0.15, -0.1) is 0 Å². The van der Waals surface area contributed by atoms with E-state index in [-0.39, 0.29) is 18.3 Å². The second kappa shape index (κ2) is 9.88. The molecule has 3 aromatic rings. The zero-order chi connectivity index (χ0) is 22.7. The summed E-state index contributed by atoms with van der Waals surface area (Å²) in [5.41, 5.74) is 2.32. The lowest BCUT2D eigenvalue weighted by Crippen LogP contribution is -2.35. The van der Waals surface area contributed by atoms with Crippen LogP contribution in [-0.2, 0) is 17.6 Å². The molecule has 1 aliphatic heterocycles. The Morgan fingerprint density at radius 3 is 2.59 bits per heavy atom. The van der Waals surface area contributed by atoms with E-state index in [0.29, 0.717) is 29.0 Å². The molecule has 32 heavy (non-hydrogen) atoms. The van der Waals surface area contributed by atoms with Gasteiger partial charge in [0.1, 0.15) is 23.2 Å². The second-order valence-electron chi connectivity index (χ2n) is 8.63. The predicted octanol–water partition coefficient (Wildman–Crippen LogP) is 4.97. The first-order valence-corrected chi connectivity index (χ1v) is 11.4. The summed E-state index contributed by atoms with van der Waals surface area (Å²) < 4.78 is 11.8. The quantitative estimate of drug-likeness (QED) is 0.472. The first kappa shape index (κ1) is 22.6. The Morgan fingerprint density at radius 1 is 1.16 bits per heavy atom. The highest BCUT2D eigenvalue weighted by atomic mass is 35.5. The number of likely N-dealkylation sites (tertiary alicyclic amines) is 1. The topological polar surface area (TPSA) is 59.8 Å². The number of aryl methyl sites for hydroxylation is 2. The number of carbonyl (C=O) groups excluding carboxylic acids is 1. The van der Waals surface area contributed by atoms with Gasteiger partial charge < -0.3 is 14.1 Å².